The van der Waals surface area contributed by atoms with Crippen molar-refractivity contribution in [2.24, 2.45) is 20.5 Å². The number of azo groups is 2. The fraction of sp³-hybridized carbons (Fsp3) is 0.0588. The minimum Gasteiger partial charge on any atom is -0.506 e. The number of phenolic OH excluding ortho intramolecular Hbond substituents is 2. The van der Waals surface area contributed by atoms with Gasteiger partial charge in [-0.15, -0.1) is 20.5 Å². The van der Waals surface area contributed by atoms with E-state index in [0.29, 0.717) is 10.8 Å². The third-order valence-electron chi connectivity index (χ3n) is 7.68. The van der Waals surface area contributed by atoms with Gasteiger partial charge in [-0.05, 0) is 47.2 Å². The third kappa shape index (κ3) is 6.55. The van der Waals surface area contributed by atoms with Crippen LogP contribution in [0.5, 0.6) is 23.0 Å². The maximum Gasteiger partial charge on any atom is 0.295 e. The van der Waals surface area contributed by atoms with Gasteiger partial charge < -0.3 is 19.7 Å². The molecule has 0 aliphatic carbocycles. The summed E-state index contributed by atoms with van der Waals surface area (Å²) in [6.07, 6.45) is 0. The summed E-state index contributed by atoms with van der Waals surface area (Å²) in [7, 11) is -7.76. The highest BCUT2D eigenvalue weighted by molar-refractivity contribution is 7.86. The molecule has 0 saturated carbocycles. The van der Waals surface area contributed by atoms with Gasteiger partial charge in [0.2, 0.25) is 0 Å². The Morgan fingerprint density at radius 1 is 0.520 bits per heavy atom. The minimum absolute atomic E-state index is 0.0719. The number of methoxy groups -OCH3 is 2. The summed E-state index contributed by atoms with van der Waals surface area (Å²) < 4.78 is 82.5. The molecule has 6 rings (SSSR count). The monoisotopic (exact) mass is 714 g/mol. The topological polar surface area (TPSA) is 217 Å². The molecule has 6 aromatic carbocycles. The Kier molecular flexibility index (Phi) is 8.94. The zero-order valence-corrected chi connectivity index (χ0v) is 27.7. The van der Waals surface area contributed by atoms with Gasteiger partial charge in [0, 0.05) is 21.9 Å². The number of nitrogens with zero attached hydrogens (tertiary/aromatic N) is 4. The molecule has 4 N–H and O–H groups in total. The molecule has 0 spiro atoms. The molecule has 0 aromatic heterocycles. The van der Waals surface area contributed by atoms with E-state index < -0.39 is 41.2 Å². The fourth-order valence-electron chi connectivity index (χ4n) is 5.33. The molecule has 0 aliphatic rings. The molecule has 50 heavy (non-hydrogen) atoms. The Morgan fingerprint density at radius 3 is 1.26 bits per heavy atom. The number of rotatable bonds is 9. The first-order valence-electron chi connectivity index (χ1n) is 14.4. The van der Waals surface area contributed by atoms with Gasteiger partial charge >= 0.3 is 0 Å². The van der Waals surface area contributed by atoms with E-state index in [2.05, 4.69) is 20.5 Å². The number of phenols is 2. The van der Waals surface area contributed by atoms with Gasteiger partial charge in [0.1, 0.15) is 55.5 Å². The van der Waals surface area contributed by atoms with Gasteiger partial charge in [-0.1, -0.05) is 60.7 Å². The first kappa shape index (κ1) is 33.9. The van der Waals surface area contributed by atoms with Gasteiger partial charge in [-0.25, -0.2) is 0 Å². The molecule has 0 heterocycles. The van der Waals surface area contributed by atoms with Crippen LogP contribution in [0.1, 0.15) is 0 Å². The van der Waals surface area contributed by atoms with E-state index in [-0.39, 0.29) is 45.7 Å². The van der Waals surface area contributed by atoms with Crippen molar-refractivity contribution >= 4 is 64.5 Å². The number of hydrogen-bond donors (Lipinski definition) is 4. The van der Waals surface area contributed by atoms with Gasteiger partial charge in [0.15, 0.2) is 0 Å². The van der Waals surface area contributed by atoms with Crippen LogP contribution in [0.15, 0.2) is 127 Å². The zero-order chi connectivity index (χ0) is 35.8. The van der Waals surface area contributed by atoms with Crippen LogP contribution < -0.4 is 9.47 Å². The smallest absolute Gasteiger partial charge is 0.295 e. The molecule has 0 atom stereocenters. The summed E-state index contributed by atoms with van der Waals surface area (Å²) >= 11 is 0. The number of ether oxygens (including phenoxy) is 2. The van der Waals surface area contributed by atoms with Gasteiger partial charge in [-0.3, -0.25) is 9.11 Å². The molecule has 254 valence electrons. The summed E-state index contributed by atoms with van der Waals surface area (Å²) in [5, 5.41) is 40.0. The highest BCUT2D eigenvalue weighted by atomic mass is 32.2. The van der Waals surface area contributed by atoms with Gasteiger partial charge in [0.25, 0.3) is 20.2 Å². The van der Waals surface area contributed by atoms with Crippen LogP contribution in [0, 0.1) is 0 Å². The molecule has 14 nitrogen and oxygen atoms in total. The molecule has 0 amide bonds. The third-order valence-corrected chi connectivity index (χ3v) is 9.47. The van der Waals surface area contributed by atoms with Crippen molar-refractivity contribution in [3.63, 3.8) is 0 Å². The number of aromatic hydroxyl groups is 2. The van der Waals surface area contributed by atoms with Crippen molar-refractivity contribution in [3.8, 4) is 34.1 Å². The molecule has 6 aromatic rings. The van der Waals surface area contributed by atoms with E-state index in [1.165, 1.54) is 26.4 Å². The minimum atomic E-state index is -5.11. The van der Waals surface area contributed by atoms with Gasteiger partial charge in [0.05, 0.1) is 14.2 Å². The van der Waals surface area contributed by atoms with Crippen LogP contribution in [-0.2, 0) is 20.2 Å². The van der Waals surface area contributed by atoms with E-state index in [0.717, 1.165) is 35.0 Å². The van der Waals surface area contributed by atoms with Crippen LogP contribution in [0.4, 0.5) is 22.7 Å². The molecule has 0 fully saturated rings. The standard InChI is InChI=1S/C34H26N4O10S2/c1-47-29-15-23(31(49(41,42)43)17-25(29)35-37-33-21-9-5-3-7-19(21)11-13-27(33)39)24-16-30(48-2)26(18-32(24)50(44,45)46)36-38-34-22-10-6-4-8-20(22)12-14-28(34)40/h3-18,39-40H,1-2H3,(H,41,42,43)(H,44,45,46). The lowest BCUT2D eigenvalue weighted by Crippen LogP contribution is -2.06. The second kappa shape index (κ2) is 13.2. The van der Waals surface area contributed by atoms with Crippen molar-refractivity contribution < 1.29 is 45.6 Å². The summed E-state index contributed by atoms with van der Waals surface area (Å²) in [6, 6.07) is 24.2. The summed E-state index contributed by atoms with van der Waals surface area (Å²) in [5.74, 6) is -0.663. The van der Waals surface area contributed by atoms with Crippen LogP contribution >= 0.6 is 0 Å². The molecule has 0 radical (unpaired) electrons. The molecular formula is C34H26N4O10S2. The quantitative estimate of drug-likeness (QED) is 0.0827. The highest BCUT2D eigenvalue weighted by Gasteiger charge is 2.28. The number of hydrogen-bond acceptors (Lipinski definition) is 12. The van der Waals surface area contributed by atoms with E-state index in [1.54, 1.807) is 60.7 Å². The highest BCUT2D eigenvalue weighted by Crippen LogP contribution is 2.46. The molecular weight excluding hydrogens is 689 g/mol. The Labute approximate surface area is 285 Å². The van der Waals surface area contributed by atoms with Crippen LogP contribution in [0.2, 0.25) is 0 Å². The molecule has 16 heteroatoms. The van der Waals surface area contributed by atoms with Crippen LogP contribution in [0.25, 0.3) is 32.7 Å². The lowest BCUT2D eigenvalue weighted by Gasteiger charge is -2.16. The lowest BCUT2D eigenvalue weighted by atomic mass is 10.0. The summed E-state index contributed by atoms with van der Waals surface area (Å²) in [4.78, 5) is -1.65. The number of fused-ring (bicyclic) bond motifs is 2. The fourth-order valence-corrected chi connectivity index (χ4v) is 6.75. The van der Waals surface area contributed by atoms with E-state index in [9.17, 15) is 36.2 Å². The van der Waals surface area contributed by atoms with E-state index >= 15 is 0 Å². The van der Waals surface area contributed by atoms with E-state index in [4.69, 9.17) is 9.47 Å². The predicted octanol–water partition coefficient (Wildman–Crippen LogP) is 8.41. The Morgan fingerprint density at radius 2 is 0.900 bits per heavy atom. The SMILES string of the molecule is COc1cc(-c2cc(OC)c(N=Nc3c(O)ccc4ccccc34)cc2S(=O)(=O)O)c(S(=O)(=O)O)cc1N=Nc1c(O)ccc2ccccc12. The maximum atomic E-state index is 12.8. The molecule has 0 aliphatic heterocycles. The van der Waals surface area contributed by atoms with Crippen molar-refractivity contribution in [1.29, 1.82) is 0 Å². The van der Waals surface area contributed by atoms with Crippen molar-refractivity contribution in [1.82, 2.24) is 0 Å². The molecule has 0 bridgehead atoms. The average molecular weight is 715 g/mol. The first-order valence-corrected chi connectivity index (χ1v) is 17.3. The molecule has 0 unspecified atom stereocenters. The Bertz CT molecular complexity index is 2430. The lowest BCUT2D eigenvalue weighted by molar-refractivity contribution is 0.414. The summed E-state index contributed by atoms with van der Waals surface area (Å²) in [5.41, 5.74) is -1.12. The zero-order valence-electron chi connectivity index (χ0n) is 26.1. The van der Waals surface area contributed by atoms with E-state index in [1.807, 2.05) is 0 Å². The maximum absolute atomic E-state index is 12.8. The second-order valence-corrected chi connectivity index (χ2v) is 13.5. The largest absolute Gasteiger partial charge is 0.506 e. The van der Waals surface area contributed by atoms with Crippen LogP contribution in [0.3, 0.4) is 0 Å². The molecule has 0 saturated heterocycles. The van der Waals surface area contributed by atoms with Crippen molar-refractivity contribution in [3.05, 3.63) is 97.1 Å². The second-order valence-electron chi connectivity index (χ2n) is 10.7. The normalized spacial score (nSPS) is 12.3. The van der Waals surface area contributed by atoms with Crippen molar-refractivity contribution in [2.45, 2.75) is 9.79 Å². The van der Waals surface area contributed by atoms with Gasteiger partial charge in [-0.2, -0.15) is 16.8 Å². The Hall–Kier alpha value is -5.94. The number of benzene rings is 6. The average Bonchev–Trinajstić information content (AvgIpc) is 3.09. The Balaban J connectivity index is 1.53. The summed E-state index contributed by atoms with van der Waals surface area (Å²) in [6.45, 7) is 0. The van der Waals surface area contributed by atoms with Crippen molar-refractivity contribution in [2.75, 3.05) is 14.2 Å². The van der Waals surface area contributed by atoms with Crippen LogP contribution in [-0.4, -0.2) is 50.4 Å². The predicted molar refractivity (Wildman–Crippen MR) is 184 cm³/mol. The first-order chi connectivity index (χ1) is 23.8.